The lowest BCUT2D eigenvalue weighted by Gasteiger charge is -2.13. The monoisotopic (exact) mass is 407 g/mol. The normalized spacial score (nSPS) is 11.4. The van der Waals surface area contributed by atoms with Gasteiger partial charge in [-0.1, -0.05) is 83.4 Å². The molecule has 162 valence electrons. The highest BCUT2D eigenvalue weighted by atomic mass is 16.3. The van der Waals surface area contributed by atoms with E-state index in [1.54, 1.807) is 4.80 Å². The fourth-order valence-corrected chi connectivity index (χ4v) is 4.03. The van der Waals surface area contributed by atoms with Crippen LogP contribution in [-0.2, 0) is 12.8 Å². The number of aryl methyl sites for hydroxylation is 2. The lowest BCUT2D eigenvalue weighted by Crippen LogP contribution is -2.03. The Morgan fingerprint density at radius 2 is 1.33 bits per heavy atom. The van der Waals surface area contributed by atoms with E-state index in [0.717, 1.165) is 48.7 Å². The first-order chi connectivity index (χ1) is 14.7. The van der Waals surface area contributed by atoms with Crippen LogP contribution in [0.5, 0.6) is 5.75 Å². The molecule has 1 N–H and O–H groups in total. The van der Waals surface area contributed by atoms with Crippen molar-refractivity contribution in [2.45, 2.75) is 90.9 Å². The van der Waals surface area contributed by atoms with Crippen molar-refractivity contribution in [1.82, 2.24) is 15.0 Å². The molecule has 4 nitrogen and oxygen atoms in total. The molecule has 0 amide bonds. The summed E-state index contributed by atoms with van der Waals surface area (Å²) in [6.07, 6.45) is 14.6. The highest BCUT2D eigenvalue weighted by Crippen LogP contribution is 2.30. The molecule has 0 spiro atoms. The zero-order chi connectivity index (χ0) is 21.2. The summed E-state index contributed by atoms with van der Waals surface area (Å²) in [6, 6.07) is 12.1. The van der Waals surface area contributed by atoms with E-state index in [9.17, 15) is 5.11 Å². The molecule has 3 rings (SSSR count). The maximum Gasteiger partial charge on any atom is 0.146 e. The molecule has 1 heterocycles. The average molecular weight is 408 g/mol. The van der Waals surface area contributed by atoms with Gasteiger partial charge in [-0.15, -0.1) is 15.0 Å². The van der Waals surface area contributed by atoms with Crippen LogP contribution in [-0.4, -0.2) is 20.1 Å². The smallest absolute Gasteiger partial charge is 0.146 e. The SMILES string of the molecule is CCCCCCCCCCc1cc(CCCC)cc(-n2nc3ccccc3n2)c1O. The minimum Gasteiger partial charge on any atom is -0.505 e. The summed E-state index contributed by atoms with van der Waals surface area (Å²) < 4.78 is 0. The van der Waals surface area contributed by atoms with Crippen molar-refractivity contribution >= 4 is 11.0 Å². The fraction of sp³-hybridized carbons (Fsp3) is 0.538. The third kappa shape index (κ3) is 6.07. The number of hydrogen-bond donors (Lipinski definition) is 1. The number of fused-ring (bicyclic) bond motifs is 1. The van der Waals surface area contributed by atoms with Crippen molar-refractivity contribution in [3.63, 3.8) is 0 Å². The standard InChI is InChI=1S/C26H37N3O/c1-3-5-7-8-9-10-11-12-16-22-19-21(15-6-4-2)20-25(26(22)30)29-27-23-17-13-14-18-24(23)28-29/h13-14,17-20,30H,3-12,15-16H2,1-2H3. The Hall–Kier alpha value is -2.36. The number of unbranched alkanes of at least 4 members (excludes halogenated alkanes) is 8. The van der Waals surface area contributed by atoms with Gasteiger partial charge in [-0.2, -0.15) is 0 Å². The van der Waals surface area contributed by atoms with Gasteiger partial charge in [0.25, 0.3) is 0 Å². The number of phenolic OH excluding ortho intramolecular Hbond substituents is 1. The number of nitrogens with zero attached hydrogens (tertiary/aromatic N) is 3. The highest BCUT2D eigenvalue weighted by molar-refractivity contribution is 5.73. The lowest BCUT2D eigenvalue weighted by molar-refractivity contribution is 0.458. The molecular weight excluding hydrogens is 370 g/mol. The molecule has 0 saturated heterocycles. The number of rotatable bonds is 13. The highest BCUT2D eigenvalue weighted by Gasteiger charge is 2.14. The maximum absolute atomic E-state index is 11.0. The average Bonchev–Trinajstić information content (AvgIpc) is 3.19. The molecule has 0 unspecified atom stereocenters. The van der Waals surface area contributed by atoms with Gasteiger partial charge in [0, 0.05) is 0 Å². The summed E-state index contributed by atoms with van der Waals surface area (Å²) in [7, 11) is 0. The molecule has 2 aromatic carbocycles. The molecule has 3 aromatic rings. The van der Waals surface area contributed by atoms with Crippen molar-refractivity contribution in [2.24, 2.45) is 0 Å². The Kier molecular flexibility index (Phi) is 8.73. The maximum atomic E-state index is 11.0. The molecule has 0 aliphatic rings. The minimum absolute atomic E-state index is 0.332. The van der Waals surface area contributed by atoms with E-state index in [1.807, 2.05) is 24.3 Å². The third-order valence-electron chi connectivity index (χ3n) is 5.85. The van der Waals surface area contributed by atoms with Gasteiger partial charge in [0.15, 0.2) is 0 Å². The zero-order valence-corrected chi connectivity index (χ0v) is 18.7. The molecule has 0 atom stereocenters. The van der Waals surface area contributed by atoms with E-state index in [-0.39, 0.29) is 0 Å². The number of benzene rings is 2. The van der Waals surface area contributed by atoms with Crippen LogP contribution >= 0.6 is 0 Å². The number of aromatic nitrogens is 3. The second-order valence-corrected chi connectivity index (χ2v) is 8.43. The number of phenols is 1. The molecule has 0 aliphatic carbocycles. The predicted octanol–water partition coefficient (Wildman–Crippen LogP) is 7.15. The molecule has 1 aromatic heterocycles. The van der Waals surface area contributed by atoms with E-state index in [2.05, 4.69) is 36.2 Å². The van der Waals surface area contributed by atoms with Gasteiger partial charge in [0.05, 0.1) is 0 Å². The minimum atomic E-state index is 0.332. The molecule has 0 radical (unpaired) electrons. The van der Waals surface area contributed by atoms with Crippen molar-refractivity contribution in [2.75, 3.05) is 0 Å². The summed E-state index contributed by atoms with van der Waals surface area (Å²) in [5, 5.41) is 20.2. The molecule has 0 fully saturated rings. The van der Waals surface area contributed by atoms with Crippen LogP contribution in [0.25, 0.3) is 16.7 Å². The largest absolute Gasteiger partial charge is 0.505 e. The van der Waals surface area contributed by atoms with Gasteiger partial charge in [0.1, 0.15) is 22.5 Å². The van der Waals surface area contributed by atoms with E-state index >= 15 is 0 Å². The van der Waals surface area contributed by atoms with E-state index in [0.29, 0.717) is 11.4 Å². The summed E-state index contributed by atoms with van der Waals surface area (Å²) in [4.78, 5) is 1.60. The van der Waals surface area contributed by atoms with Crippen LogP contribution in [0.1, 0.15) is 89.2 Å². The van der Waals surface area contributed by atoms with Gasteiger partial charge in [-0.25, -0.2) is 0 Å². The van der Waals surface area contributed by atoms with Crippen LogP contribution in [0.15, 0.2) is 36.4 Å². The summed E-state index contributed by atoms with van der Waals surface area (Å²) in [5.41, 5.74) is 4.70. The van der Waals surface area contributed by atoms with Crippen LogP contribution < -0.4 is 0 Å². The van der Waals surface area contributed by atoms with E-state index in [1.165, 1.54) is 50.5 Å². The molecular formula is C26H37N3O. The Balaban J connectivity index is 1.71. The van der Waals surface area contributed by atoms with Gasteiger partial charge in [-0.05, 0) is 55.0 Å². The summed E-state index contributed by atoms with van der Waals surface area (Å²) in [6.45, 7) is 4.47. The molecule has 30 heavy (non-hydrogen) atoms. The summed E-state index contributed by atoms with van der Waals surface area (Å²) >= 11 is 0. The van der Waals surface area contributed by atoms with Crippen LogP contribution in [0.3, 0.4) is 0 Å². The quantitative estimate of drug-likeness (QED) is 0.306. The van der Waals surface area contributed by atoms with Crippen molar-refractivity contribution in [3.05, 3.63) is 47.5 Å². The molecule has 0 bridgehead atoms. The molecule has 0 saturated carbocycles. The Morgan fingerprint density at radius 3 is 1.97 bits per heavy atom. The first-order valence-electron chi connectivity index (χ1n) is 11.9. The van der Waals surface area contributed by atoms with E-state index in [4.69, 9.17) is 0 Å². The van der Waals surface area contributed by atoms with Gasteiger partial charge >= 0.3 is 0 Å². The van der Waals surface area contributed by atoms with Crippen molar-refractivity contribution in [3.8, 4) is 11.4 Å². The molecule has 4 heteroatoms. The lowest BCUT2D eigenvalue weighted by atomic mass is 9.98. The first kappa shape index (κ1) is 22.3. The van der Waals surface area contributed by atoms with Crippen LogP contribution in [0.4, 0.5) is 0 Å². The summed E-state index contributed by atoms with van der Waals surface area (Å²) in [5.74, 6) is 0.332. The third-order valence-corrected chi connectivity index (χ3v) is 5.85. The fourth-order valence-electron chi connectivity index (χ4n) is 4.03. The Bertz CT molecular complexity index is 883. The van der Waals surface area contributed by atoms with Gasteiger partial charge in [0.2, 0.25) is 0 Å². The van der Waals surface area contributed by atoms with Gasteiger partial charge < -0.3 is 5.11 Å². The van der Waals surface area contributed by atoms with Crippen molar-refractivity contribution < 1.29 is 5.11 Å². The van der Waals surface area contributed by atoms with Crippen LogP contribution in [0, 0.1) is 0 Å². The van der Waals surface area contributed by atoms with E-state index < -0.39 is 0 Å². The second-order valence-electron chi connectivity index (χ2n) is 8.43. The first-order valence-corrected chi connectivity index (χ1v) is 11.9. The topological polar surface area (TPSA) is 50.9 Å². The van der Waals surface area contributed by atoms with Crippen molar-refractivity contribution in [1.29, 1.82) is 0 Å². The van der Waals surface area contributed by atoms with Crippen LogP contribution in [0.2, 0.25) is 0 Å². The Labute approximate surface area is 181 Å². The predicted molar refractivity (Wildman–Crippen MR) is 125 cm³/mol. The molecule has 0 aliphatic heterocycles. The number of aromatic hydroxyl groups is 1. The Morgan fingerprint density at radius 1 is 0.733 bits per heavy atom. The second kappa shape index (κ2) is 11.7. The zero-order valence-electron chi connectivity index (χ0n) is 18.7. The van der Waals surface area contributed by atoms with Gasteiger partial charge in [-0.3, -0.25) is 0 Å². The number of hydrogen-bond acceptors (Lipinski definition) is 3.